The fourth-order valence-electron chi connectivity index (χ4n) is 2.92. The first-order valence-electron chi connectivity index (χ1n) is 8.36. The van der Waals surface area contributed by atoms with E-state index < -0.39 is 11.2 Å². The molecule has 1 amide bonds. The van der Waals surface area contributed by atoms with Crippen molar-refractivity contribution in [3.8, 4) is 0 Å². The highest BCUT2D eigenvalue weighted by Gasteiger charge is 2.31. The van der Waals surface area contributed by atoms with Crippen molar-refractivity contribution in [2.45, 2.75) is 52.9 Å². The maximum Gasteiger partial charge on any atom is 0.329 e. The molecule has 3 rings (SSSR count). The maximum atomic E-state index is 12.9. The Morgan fingerprint density at radius 3 is 2.80 bits per heavy atom. The van der Waals surface area contributed by atoms with Gasteiger partial charge in [-0.05, 0) is 25.3 Å². The molecule has 1 aliphatic heterocycles. The van der Waals surface area contributed by atoms with Gasteiger partial charge in [0, 0.05) is 17.8 Å². The van der Waals surface area contributed by atoms with Crippen molar-refractivity contribution in [3.63, 3.8) is 0 Å². The van der Waals surface area contributed by atoms with Crippen molar-refractivity contribution in [2.75, 3.05) is 6.54 Å². The number of carbonyl (C=O) groups is 1. The number of aromatic amines is 1. The Labute approximate surface area is 149 Å². The van der Waals surface area contributed by atoms with E-state index in [-0.39, 0.29) is 18.1 Å². The van der Waals surface area contributed by atoms with E-state index >= 15 is 0 Å². The fraction of sp³-hybridized carbons (Fsp3) is 0.588. The molecule has 0 fully saturated rings. The third kappa shape index (κ3) is 3.55. The lowest BCUT2D eigenvalue weighted by molar-refractivity contribution is -0.121. The number of nitrogens with zero attached hydrogens (tertiary/aromatic N) is 1. The molecule has 2 aromatic heterocycles. The number of fused-ring (bicyclic) bond motifs is 3. The molecule has 0 saturated carbocycles. The van der Waals surface area contributed by atoms with Crippen LogP contribution in [-0.4, -0.2) is 27.6 Å². The van der Waals surface area contributed by atoms with Crippen molar-refractivity contribution >= 4 is 27.5 Å². The monoisotopic (exact) mass is 365 g/mol. The molecule has 1 aliphatic rings. The summed E-state index contributed by atoms with van der Waals surface area (Å²) < 4.78 is 6.77. The van der Waals surface area contributed by atoms with Crippen molar-refractivity contribution in [2.24, 2.45) is 5.92 Å². The molecule has 0 radical (unpaired) electrons. The van der Waals surface area contributed by atoms with Crippen LogP contribution in [0.4, 0.5) is 0 Å². The summed E-state index contributed by atoms with van der Waals surface area (Å²) in [5.41, 5.74) is -0.401. The molecule has 0 bridgehead atoms. The highest BCUT2D eigenvalue weighted by molar-refractivity contribution is 7.18. The lowest BCUT2D eigenvalue weighted by Crippen LogP contribution is -2.41. The average molecular weight is 365 g/mol. The summed E-state index contributed by atoms with van der Waals surface area (Å²) in [7, 11) is 0. The minimum Gasteiger partial charge on any atom is -0.370 e. The second-order valence-electron chi connectivity index (χ2n) is 7.45. The van der Waals surface area contributed by atoms with E-state index in [0.717, 1.165) is 15.0 Å². The summed E-state index contributed by atoms with van der Waals surface area (Å²) in [5, 5.41) is 3.24. The van der Waals surface area contributed by atoms with Gasteiger partial charge in [0.25, 0.3) is 5.56 Å². The number of nitrogens with one attached hydrogen (secondary N) is 2. The van der Waals surface area contributed by atoms with Crippen LogP contribution >= 0.6 is 11.3 Å². The predicted octanol–water partition coefficient (Wildman–Crippen LogP) is 1.37. The van der Waals surface area contributed by atoms with E-state index in [1.165, 1.54) is 11.3 Å². The highest BCUT2D eigenvalue weighted by Crippen LogP contribution is 2.36. The van der Waals surface area contributed by atoms with Gasteiger partial charge in [0.15, 0.2) is 0 Å². The van der Waals surface area contributed by atoms with Gasteiger partial charge in [-0.1, -0.05) is 13.8 Å². The van der Waals surface area contributed by atoms with Crippen LogP contribution in [0.5, 0.6) is 0 Å². The van der Waals surface area contributed by atoms with Crippen LogP contribution in [0.15, 0.2) is 9.59 Å². The Bertz CT molecular complexity index is 936. The van der Waals surface area contributed by atoms with Crippen molar-refractivity contribution in [1.29, 1.82) is 0 Å². The summed E-state index contributed by atoms with van der Waals surface area (Å²) in [4.78, 5) is 41.5. The van der Waals surface area contributed by atoms with Crippen LogP contribution in [-0.2, 0) is 29.1 Å². The zero-order valence-electron chi connectivity index (χ0n) is 14.9. The standard InChI is InChI=1S/C17H23N3O4S/c1-9(2)6-18-12(21)7-20-15(22)13-10-5-17(3,4)24-8-11(10)25-14(13)19-16(20)23/h9H,5-8H2,1-4H3,(H,18,21)(H,19,23). The molecule has 25 heavy (non-hydrogen) atoms. The molecular weight excluding hydrogens is 342 g/mol. The van der Waals surface area contributed by atoms with Gasteiger partial charge in [0.1, 0.15) is 11.4 Å². The molecule has 2 aromatic rings. The zero-order valence-corrected chi connectivity index (χ0v) is 15.7. The highest BCUT2D eigenvalue weighted by atomic mass is 32.1. The quantitative estimate of drug-likeness (QED) is 0.856. The number of aromatic nitrogens is 2. The fourth-order valence-corrected chi connectivity index (χ4v) is 4.03. The SMILES string of the molecule is CC(C)CNC(=O)Cn1c(=O)[nH]c2sc3c(c2c1=O)CC(C)(C)OC3. The van der Waals surface area contributed by atoms with E-state index in [9.17, 15) is 14.4 Å². The molecule has 2 N–H and O–H groups in total. The first kappa shape index (κ1) is 17.9. The minimum absolute atomic E-state index is 0.276. The number of ether oxygens (including phenoxy) is 1. The molecule has 0 spiro atoms. The first-order chi connectivity index (χ1) is 11.7. The van der Waals surface area contributed by atoms with Gasteiger partial charge >= 0.3 is 5.69 Å². The summed E-state index contributed by atoms with van der Waals surface area (Å²) in [5.74, 6) is -0.0408. The van der Waals surface area contributed by atoms with Gasteiger partial charge in [-0.15, -0.1) is 11.3 Å². The van der Waals surface area contributed by atoms with Crippen LogP contribution in [0.3, 0.4) is 0 Å². The molecule has 3 heterocycles. The second kappa shape index (κ2) is 6.42. The first-order valence-corrected chi connectivity index (χ1v) is 9.17. The lowest BCUT2D eigenvalue weighted by Gasteiger charge is -2.29. The normalized spacial score (nSPS) is 16.2. The van der Waals surface area contributed by atoms with Crippen LogP contribution in [0, 0.1) is 5.92 Å². The smallest absolute Gasteiger partial charge is 0.329 e. The van der Waals surface area contributed by atoms with Gasteiger partial charge < -0.3 is 10.1 Å². The number of hydrogen-bond donors (Lipinski definition) is 2. The number of thiophene rings is 1. The molecule has 0 saturated heterocycles. The Hall–Kier alpha value is -1.93. The minimum atomic E-state index is -0.559. The summed E-state index contributed by atoms with van der Waals surface area (Å²) in [6.45, 7) is 8.57. The van der Waals surface area contributed by atoms with E-state index in [4.69, 9.17) is 4.74 Å². The Balaban J connectivity index is 2.02. The Kier molecular flexibility index (Phi) is 4.59. The molecule has 0 atom stereocenters. The van der Waals surface area contributed by atoms with Crippen LogP contribution < -0.4 is 16.6 Å². The summed E-state index contributed by atoms with van der Waals surface area (Å²) >= 11 is 1.38. The van der Waals surface area contributed by atoms with Crippen molar-refractivity contribution in [3.05, 3.63) is 31.3 Å². The van der Waals surface area contributed by atoms with Gasteiger partial charge in [-0.3, -0.25) is 19.1 Å². The third-order valence-electron chi connectivity index (χ3n) is 4.22. The van der Waals surface area contributed by atoms with Crippen molar-refractivity contribution < 1.29 is 9.53 Å². The van der Waals surface area contributed by atoms with Crippen LogP contribution in [0.25, 0.3) is 10.2 Å². The van der Waals surface area contributed by atoms with Gasteiger partial charge in [0.05, 0.1) is 17.6 Å². The Morgan fingerprint density at radius 1 is 1.40 bits per heavy atom. The number of rotatable bonds is 4. The van der Waals surface area contributed by atoms with Crippen molar-refractivity contribution in [1.82, 2.24) is 14.9 Å². The second-order valence-corrected chi connectivity index (χ2v) is 8.56. The largest absolute Gasteiger partial charge is 0.370 e. The number of hydrogen-bond acceptors (Lipinski definition) is 5. The third-order valence-corrected chi connectivity index (χ3v) is 5.34. The topological polar surface area (TPSA) is 93.2 Å². The van der Waals surface area contributed by atoms with Crippen LogP contribution in [0.2, 0.25) is 0 Å². The van der Waals surface area contributed by atoms with E-state index in [1.807, 2.05) is 27.7 Å². The lowest BCUT2D eigenvalue weighted by atomic mass is 9.94. The van der Waals surface area contributed by atoms with Gasteiger partial charge in [-0.2, -0.15) is 0 Å². The summed E-state index contributed by atoms with van der Waals surface area (Å²) in [6, 6.07) is 0. The number of carbonyl (C=O) groups excluding carboxylic acids is 1. The molecule has 0 aliphatic carbocycles. The molecule has 136 valence electrons. The van der Waals surface area contributed by atoms with E-state index in [1.54, 1.807) is 0 Å². The molecular formula is C17H23N3O4S. The molecule has 0 aromatic carbocycles. The van der Waals surface area contributed by atoms with Gasteiger partial charge in [-0.25, -0.2) is 4.79 Å². The predicted molar refractivity (Wildman–Crippen MR) is 97.1 cm³/mol. The summed E-state index contributed by atoms with van der Waals surface area (Å²) in [6.07, 6.45) is 0.600. The molecule has 8 heteroatoms. The maximum absolute atomic E-state index is 12.9. The zero-order chi connectivity index (χ0) is 18.4. The van der Waals surface area contributed by atoms with Crippen LogP contribution in [0.1, 0.15) is 38.1 Å². The van der Waals surface area contributed by atoms with E-state index in [2.05, 4.69) is 10.3 Å². The van der Waals surface area contributed by atoms with E-state index in [0.29, 0.717) is 35.7 Å². The average Bonchev–Trinajstić information content (AvgIpc) is 2.85. The number of H-pyrrole nitrogens is 1. The van der Waals surface area contributed by atoms with Gasteiger partial charge in [0.2, 0.25) is 5.91 Å². The molecule has 7 nitrogen and oxygen atoms in total. The Morgan fingerprint density at radius 2 is 2.12 bits per heavy atom. The molecule has 0 unspecified atom stereocenters. The number of amides is 1.